The zero-order valence-corrected chi connectivity index (χ0v) is 10.9. The number of phenolic OH excluding ortho intramolecular Hbond substituents is 1. The van der Waals surface area contributed by atoms with Gasteiger partial charge in [-0.1, -0.05) is 12.1 Å². The maximum absolute atomic E-state index is 13.6. The van der Waals surface area contributed by atoms with Crippen LogP contribution in [0.5, 0.6) is 5.75 Å². The predicted octanol–water partition coefficient (Wildman–Crippen LogP) is 2.69. The third-order valence-electron chi connectivity index (χ3n) is 2.87. The van der Waals surface area contributed by atoms with Crippen molar-refractivity contribution in [2.75, 3.05) is 7.11 Å². The Hall–Kier alpha value is -2.76. The lowest BCUT2D eigenvalue weighted by Gasteiger charge is -2.06. The number of ketones is 1. The smallest absolute Gasteiger partial charge is 0.337 e. The van der Waals surface area contributed by atoms with Gasteiger partial charge in [0, 0.05) is 5.56 Å². The number of carbonyl (C=O) groups excluding carboxylic acids is 2. The highest BCUT2D eigenvalue weighted by molar-refractivity contribution is 6.11. The number of esters is 1. The molecule has 0 unspecified atom stereocenters. The van der Waals surface area contributed by atoms with Crippen LogP contribution in [0.2, 0.25) is 0 Å². The van der Waals surface area contributed by atoms with Gasteiger partial charge in [-0.25, -0.2) is 13.6 Å². The first-order valence-corrected chi connectivity index (χ1v) is 5.85. The minimum atomic E-state index is -1.42. The van der Waals surface area contributed by atoms with E-state index in [1.54, 1.807) is 0 Å². The monoisotopic (exact) mass is 292 g/mol. The largest absolute Gasteiger partial charge is 0.507 e. The van der Waals surface area contributed by atoms with E-state index in [1.165, 1.54) is 31.4 Å². The fourth-order valence-electron chi connectivity index (χ4n) is 1.78. The van der Waals surface area contributed by atoms with Crippen molar-refractivity contribution in [1.82, 2.24) is 0 Å². The van der Waals surface area contributed by atoms with Crippen molar-refractivity contribution in [3.05, 3.63) is 64.7 Å². The van der Waals surface area contributed by atoms with E-state index in [0.29, 0.717) is 0 Å². The van der Waals surface area contributed by atoms with E-state index in [0.717, 1.165) is 12.1 Å². The number of aromatic hydroxyl groups is 1. The lowest BCUT2D eigenvalue weighted by Crippen LogP contribution is -2.07. The molecule has 2 aromatic rings. The van der Waals surface area contributed by atoms with E-state index in [2.05, 4.69) is 4.74 Å². The van der Waals surface area contributed by atoms with E-state index in [-0.39, 0.29) is 11.1 Å². The molecule has 0 bridgehead atoms. The molecule has 0 aliphatic rings. The standard InChI is InChI=1S/C15H10F2O4/c1-21-15(20)9-4-2-8(3-5-9)14(19)12-11(18)7-6-10(16)13(12)17/h2-7,18H,1H3. The molecule has 4 nitrogen and oxygen atoms in total. The predicted molar refractivity (Wildman–Crippen MR) is 69.2 cm³/mol. The summed E-state index contributed by atoms with van der Waals surface area (Å²) in [6.45, 7) is 0. The van der Waals surface area contributed by atoms with Crippen LogP contribution in [-0.2, 0) is 4.74 Å². The summed E-state index contributed by atoms with van der Waals surface area (Å²) >= 11 is 0. The van der Waals surface area contributed by atoms with E-state index in [1.807, 2.05) is 0 Å². The Morgan fingerprint density at radius 3 is 2.14 bits per heavy atom. The van der Waals surface area contributed by atoms with Gasteiger partial charge in [-0.15, -0.1) is 0 Å². The number of phenols is 1. The Bertz CT molecular complexity index is 708. The second-order valence-corrected chi connectivity index (χ2v) is 4.15. The lowest BCUT2D eigenvalue weighted by molar-refractivity contribution is 0.0600. The van der Waals surface area contributed by atoms with Gasteiger partial charge in [-0.3, -0.25) is 4.79 Å². The van der Waals surface area contributed by atoms with Crippen molar-refractivity contribution in [1.29, 1.82) is 0 Å². The van der Waals surface area contributed by atoms with Crippen LogP contribution in [0.1, 0.15) is 26.3 Å². The van der Waals surface area contributed by atoms with Crippen molar-refractivity contribution in [3.8, 4) is 5.75 Å². The van der Waals surface area contributed by atoms with Crippen molar-refractivity contribution in [3.63, 3.8) is 0 Å². The Labute approximate surface area is 118 Å². The molecular weight excluding hydrogens is 282 g/mol. The van der Waals surface area contributed by atoms with Gasteiger partial charge < -0.3 is 9.84 Å². The fraction of sp³-hybridized carbons (Fsp3) is 0.0667. The fourth-order valence-corrected chi connectivity index (χ4v) is 1.78. The van der Waals surface area contributed by atoms with Crippen LogP contribution < -0.4 is 0 Å². The molecule has 21 heavy (non-hydrogen) atoms. The zero-order chi connectivity index (χ0) is 15.6. The summed E-state index contributed by atoms with van der Waals surface area (Å²) in [5, 5.41) is 9.53. The first-order valence-electron chi connectivity index (χ1n) is 5.85. The normalized spacial score (nSPS) is 10.2. The SMILES string of the molecule is COC(=O)c1ccc(C(=O)c2c(O)ccc(F)c2F)cc1. The second-order valence-electron chi connectivity index (χ2n) is 4.15. The molecule has 0 saturated heterocycles. The molecule has 0 spiro atoms. The number of methoxy groups -OCH3 is 1. The molecule has 1 N–H and O–H groups in total. The lowest BCUT2D eigenvalue weighted by atomic mass is 10.0. The number of halogens is 2. The summed E-state index contributed by atoms with van der Waals surface area (Å²) < 4.78 is 31.3. The first kappa shape index (κ1) is 14.6. The van der Waals surface area contributed by atoms with Gasteiger partial charge in [-0.2, -0.15) is 0 Å². The molecule has 0 radical (unpaired) electrons. The minimum Gasteiger partial charge on any atom is -0.507 e. The first-order chi connectivity index (χ1) is 9.95. The van der Waals surface area contributed by atoms with Crippen molar-refractivity contribution in [2.24, 2.45) is 0 Å². The van der Waals surface area contributed by atoms with E-state index in [4.69, 9.17) is 0 Å². The second kappa shape index (κ2) is 5.70. The molecule has 0 amide bonds. The van der Waals surface area contributed by atoms with Crippen molar-refractivity contribution < 1.29 is 28.2 Å². The van der Waals surface area contributed by atoms with Gasteiger partial charge in [0.25, 0.3) is 0 Å². The van der Waals surface area contributed by atoms with Crippen LogP contribution in [0, 0.1) is 11.6 Å². The highest BCUT2D eigenvalue weighted by Gasteiger charge is 2.21. The third kappa shape index (κ3) is 2.74. The number of rotatable bonds is 3. The van der Waals surface area contributed by atoms with Gasteiger partial charge in [0.2, 0.25) is 0 Å². The molecule has 0 aliphatic carbocycles. The van der Waals surface area contributed by atoms with Crippen LogP contribution in [0.15, 0.2) is 36.4 Å². The quantitative estimate of drug-likeness (QED) is 0.698. The summed E-state index contributed by atoms with van der Waals surface area (Å²) in [5.41, 5.74) is -0.541. The van der Waals surface area contributed by atoms with Gasteiger partial charge in [-0.05, 0) is 24.3 Å². The molecular formula is C15H10F2O4. The van der Waals surface area contributed by atoms with Crippen molar-refractivity contribution >= 4 is 11.8 Å². The van der Waals surface area contributed by atoms with Crippen LogP contribution in [-0.4, -0.2) is 24.0 Å². The topological polar surface area (TPSA) is 63.6 Å². The summed E-state index contributed by atoms with van der Waals surface area (Å²) in [7, 11) is 1.21. The molecule has 6 heteroatoms. The average molecular weight is 292 g/mol. The van der Waals surface area contributed by atoms with Crippen LogP contribution in [0.3, 0.4) is 0 Å². The minimum absolute atomic E-state index is 0.00227. The maximum atomic E-state index is 13.6. The summed E-state index contributed by atoms with van der Waals surface area (Å²) in [6.07, 6.45) is 0. The molecule has 2 aromatic carbocycles. The highest BCUT2D eigenvalue weighted by Crippen LogP contribution is 2.25. The number of hydrogen-bond acceptors (Lipinski definition) is 4. The Morgan fingerprint density at radius 1 is 1.00 bits per heavy atom. The Kier molecular flexibility index (Phi) is 3.98. The van der Waals surface area contributed by atoms with Crippen LogP contribution in [0.4, 0.5) is 8.78 Å². The summed E-state index contributed by atoms with van der Waals surface area (Å²) in [4.78, 5) is 23.4. The number of benzene rings is 2. The highest BCUT2D eigenvalue weighted by atomic mass is 19.2. The Morgan fingerprint density at radius 2 is 1.57 bits per heavy atom. The van der Waals surface area contributed by atoms with Crippen molar-refractivity contribution in [2.45, 2.75) is 0 Å². The zero-order valence-electron chi connectivity index (χ0n) is 10.9. The molecule has 0 heterocycles. The van der Waals surface area contributed by atoms with Crippen LogP contribution >= 0.6 is 0 Å². The van der Waals surface area contributed by atoms with E-state index in [9.17, 15) is 23.5 Å². The number of ether oxygens (including phenoxy) is 1. The molecule has 0 aromatic heterocycles. The molecule has 0 saturated carbocycles. The summed E-state index contributed by atoms with van der Waals surface area (Å²) in [5.74, 6) is -4.79. The van der Waals surface area contributed by atoms with Gasteiger partial charge >= 0.3 is 5.97 Å². The summed E-state index contributed by atoms with van der Waals surface area (Å²) in [6, 6.07) is 6.77. The average Bonchev–Trinajstić information content (AvgIpc) is 2.50. The third-order valence-corrected chi connectivity index (χ3v) is 2.87. The number of hydrogen-bond donors (Lipinski definition) is 1. The molecule has 0 fully saturated rings. The molecule has 0 aliphatic heterocycles. The molecule has 108 valence electrons. The number of carbonyl (C=O) groups is 2. The molecule has 0 atom stereocenters. The van der Waals surface area contributed by atoms with Gasteiger partial charge in [0.05, 0.1) is 12.7 Å². The molecule has 2 rings (SSSR count). The van der Waals surface area contributed by atoms with Crippen LogP contribution in [0.25, 0.3) is 0 Å². The van der Waals surface area contributed by atoms with E-state index >= 15 is 0 Å². The Balaban J connectivity index is 2.41. The van der Waals surface area contributed by atoms with Gasteiger partial charge in [0.15, 0.2) is 17.4 Å². The van der Waals surface area contributed by atoms with Gasteiger partial charge in [0.1, 0.15) is 11.3 Å². The maximum Gasteiger partial charge on any atom is 0.337 e. The van der Waals surface area contributed by atoms with E-state index < -0.39 is 34.7 Å².